The van der Waals surface area contributed by atoms with E-state index in [1.54, 1.807) is 0 Å². The maximum Gasteiger partial charge on any atom is 0.0313 e. The first-order valence-electron chi connectivity index (χ1n) is 5.57. The van der Waals surface area contributed by atoms with Gasteiger partial charge in [-0.15, -0.1) is 0 Å². The third kappa shape index (κ3) is 2.76. The maximum atomic E-state index is 4.22. The van der Waals surface area contributed by atoms with Gasteiger partial charge in [0.05, 0.1) is 0 Å². The zero-order valence-electron chi connectivity index (χ0n) is 9.53. The molecule has 1 aliphatic heterocycles. The van der Waals surface area contributed by atoms with Gasteiger partial charge in [0.15, 0.2) is 0 Å². The summed E-state index contributed by atoms with van der Waals surface area (Å²) in [6, 6.07) is 2.90. The average molecular weight is 205 g/mol. The molecule has 1 unspecified atom stereocenters. The molecule has 15 heavy (non-hydrogen) atoms. The summed E-state index contributed by atoms with van der Waals surface area (Å²) < 4.78 is 0. The van der Waals surface area contributed by atoms with Crippen molar-refractivity contribution in [3.05, 3.63) is 29.6 Å². The second kappa shape index (κ2) is 4.73. The molecule has 1 fully saturated rings. The van der Waals surface area contributed by atoms with Crippen LogP contribution in [0.1, 0.15) is 17.5 Å². The van der Waals surface area contributed by atoms with Gasteiger partial charge >= 0.3 is 0 Å². The molecule has 0 aromatic carbocycles. The average Bonchev–Trinajstić information content (AvgIpc) is 2.70. The Morgan fingerprint density at radius 1 is 1.53 bits per heavy atom. The van der Waals surface area contributed by atoms with E-state index in [-0.39, 0.29) is 0 Å². The Morgan fingerprint density at radius 3 is 3.07 bits per heavy atom. The van der Waals surface area contributed by atoms with E-state index in [2.05, 4.69) is 35.2 Å². The fourth-order valence-corrected chi connectivity index (χ4v) is 2.14. The van der Waals surface area contributed by atoms with E-state index in [4.69, 9.17) is 0 Å². The van der Waals surface area contributed by atoms with Crippen molar-refractivity contribution >= 4 is 0 Å². The van der Waals surface area contributed by atoms with Gasteiger partial charge in [-0.05, 0) is 38.1 Å². The highest BCUT2D eigenvalue weighted by Crippen LogP contribution is 2.11. The number of likely N-dealkylation sites (N-methyl/N-ethyl adjacent to an activating group) is 1. The standard InChI is InChI=1S/C12H19N3/c1-10-5-11(7-14-6-10)9-15(2)12-3-4-13-8-12/h5-7,12-13H,3-4,8-9H2,1-2H3. The lowest BCUT2D eigenvalue weighted by molar-refractivity contribution is 0.248. The molecule has 2 heterocycles. The minimum Gasteiger partial charge on any atom is -0.315 e. The Hall–Kier alpha value is -0.930. The highest BCUT2D eigenvalue weighted by Gasteiger charge is 2.18. The van der Waals surface area contributed by atoms with E-state index >= 15 is 0 Å². The Morgan fingerprint density at radius 2 is 2.40 bits per heavy atom. The molecule has 1 atom stereocenters. The fourth-order valence-electron chi connectivity index (χ4n) is 2.14. The quantitative estimate of drug-likeness (QED) is 0.803. The van der Waals surface area contributed by atoms with Crippen LogP contribution in [0.15, 0.2) is 18.5 Å². The summed E-state index contributed by atoms with van der Waals surface area (Å²) >= 11 is 0. The largest absolute Gasteiger partial charge is 0.315 e. The summed E-state index contributed by atoms with van der Waals surface area (Å²) in [5.74, 6) is 0. The van der Waals surface area contributed by atoms with E-state index in [0.29, 0.717) is 6.04 Å². The first-order valence-corrected chi connectivity index (χ1v) is 5.57. The van der Waals surface area contributed by atoms with Gasteiger partial charge in [0.1, 0.15) is 0 Å². The summed E-state index contributed by atoms with van der Waals surface area (Å²) in [5.41, 5.74) is 2.55. The Balaban J connectivity index is 1.95. The number of aromatic nitrogens is 1. The molecule has 1 N–H and O–H groups in total. The molecule has 1 aromatic rings. The molecule has 3 heteroatoms. The third-order valence-corrected chi connectivity index (χ3v) is 3.02. The van der Waals surface area contributed by atoms with Gasteiger partial charge in [-0.25, -0.2) is 0 Å². The molecular formula is C12H19N3. The summed E-state index contributed by atoms with van der Waals surface area (Å²) in [6.07, 6.45) is 5.13. The van der Waals surface area contributed by atoms with Crippen LogP contribution in [0.25, 0.3) is 0 Å². The SMILES string of the molecule is Cc1cncc(CN(C)C2CCNC2)c1. The van der Waals surface area contributed by atoms with Crippen molar-refractivity contribution in [2.75, 3.05) is 20.1 Å². The Bertz CT molecular complexity index is 318. The van der Waals surface area contributed by atoms with Crippen LogP contribution < -0.4 is 5.32 Å². The minimum absolute atomic E-state index is 0.686. The van der Waals surface area contributed by atoms with Crippen molar-refractivity contribution in [2.24, 2.45) is 0 Å². The molecule has 0 amide bonds. The summed E-state index contributed by atoms with van der Waals surface area (Å²) in [5, 5.41) is 3.39. The molecular weight excluding hydrogens is 186 g/mol. The van der Waals surface area contributed by atoms with Crippen molar-refractivity contribution in [3.8, 4) is 0 Å². The van der Waals surface area contributed by atoms with Crippen LogP contribution in [-0.2, 0) is 6.54 Å². The topological polar surface area (TPSA) is 28.2 Å². The first-order chi connectivity index (χ1) is 7.25. The predicted molar refractivity (Wildman–Crippen MR) is 61.7 cm³/mol. The van der Waals surface area contributed by atoms with Gasteiger partial charge < -0.3 is 5.32 Å². The van der Waals surface area contributed by atoms with Crippen LogP contribution in [0.2, 0.25) is 0 Å². The third-order valence-electron chi connectivity index (χ3n) is 3.02. The van der Waals surface area contributed by atoms with E-state index in [1.165, 1.54) is 17.5 Å². The molecule has 1 aliphatic rings. The fraction of sp³-hybridized carbons (Fsp3) is 0.583. The molecule has 1 aromatic heterocycles. The summed E-state index contributed by atoms with van der Waals surface area (Å²) in [4.78, 5) is 6.63. The highest BCUT2D eigenvalue weighted by molar-refractivity contribution is 5.16. The number of pyridine rings is 1. The molecule has 0 aliphatic carbocycles. The molecule has 0 radical (unpaired) electrons. The number of nitrogens with zero attached hydrogens (tertiary/aromatic N) is 2. The maximum absolute atomic E-state index is 4.22. The van der Waals surface area contributed by atoms with Crippen molar-refractivity contribution < 1.29 is 0 Å². The van der Waals surface area contributed by atoms with Gasteiger partial charge in [-0.2, -0.15) is 0 Å². The lowest BCUT2D eigenvalue weighted by atomic mass is 10.2. The van der Waals surface area contributed by atoms with Crippen LogP contribution in [-0.4, -0.2) is 36.1 Å². The highest BCUT2D eigenvalue weighted by atomic mass is 15.2. The molecule has 0 saturated carbocycles. The minimum atomic E-state index is 0.686. The molecule has 0 bridgehead atoms. The lowest BCUT2D eigenvalue weighted by Crippen LogP contribution is -2.32. The predicted octanol–water partition coefficient (Wildman–Crippen LogP) is 1.18. The van der Waals surface area contributed by atoms with Crippen LogP contribution in [0.3, 0.4) is 0 Å². The second-order valence-electron chi connectivity index (χ2n) is 4.43. The van der Waals surface area contributed by atoms with E-state index in [0.717, 1.165) is 19.6 Å². The van der Waals surface area contributed by atoms with E-state index in [9.17, 15) is 0 Å². The first kappa shape index (κ1) is 10.6. The number of nitrogens with one attached hydrogen (secondary N) is 1. The Kier molecular flexibility index (Phi) is 3.34. The van der Waals surface area contributed by atoms with Crippen LogP contribution in [0, 0.1) is 6.92 Å². The number of hydrogen-bond donors (Lipinski definition) is 1. The zero-order valence-corrected chi connectivity index (χ0v) is 9.53. The Labute approximate surface area is 91.5 Å². The van der Waals surface area contributed by atoms with Crippen molar-refractivity contribution in [2.45, 2.75) is 25.9 Å². The molecule has 2 rings (SSSR count). The molecule has 0 spiro atoms. The summed E-state index contributed by atoms with van der Waals surface area (Å²) in [7, 11) is 2.19. The number of aryl methyl sites for hydroxylation is 1. The van der Waals surface area contributed by atoms with Gasteiger partial charge in [0.2, 0.25) is 0 Å². The molecule has 1 saturated heterocycles. The molecule has 3 nitrogen and oxygen atoms in total. The van der Waals surface area contributed by atoms with Crippen LogP contribution in [0.5, 0.6) is 0 Å². The van der Waals surface area contributed by atoms with Gasteiger partial charge in [-0.1, -0.05) is 6.07 Å². The van der Waals surface area contributed by atoms with Gasteiger partial charge in [0.25, 0.3) is 0 Å². The van der Waals surface area contributed by atoms with Gasteiger partial charge in [-0.3, -0.25) is 9.88 Å². The molecule has 82 valence electrons. The van der Waals surface area contributed by atoms with Crippen molar-refractivity contribution in [3.63, 3.8) is 0 Å². The van der Waals surface area contributed by atoms with Crippen LogP contribution >= 0.6 is 0 Å². The van der Waals surface area contributed by atoms with Crippen molar-refractivity contribution in [1.82, 2.24) is 15.2 Å². The van der Waals surface area contributed by atoms with Crippen molar-refractivity contribution in [1.29, 1.82) is 0 Å². The number of hydrogen-bond acceptors (Lipinski definition) is 3. The zero-order chi connectivity index (χ0) is 10.7. The van der Waals surface area contributed by atoms with E-state index < -0.39 is 0 Å². The normalized spacial score (nSPS) is 21.1. The smallest absolute Gasteiger partial charge is 0.0313 e. The summed E-state index contributed by atoms with van der Waals surface area (Å²) in [6.45, 7) is 5.37. The lowest BCUT2D eigenvalue weighted by Gasteiger charge is -2.23. The van der Waals surface area contributed by atoms with E-state index in [1.807, 2.05) is 12.4 Å². The monoisotopic (exact) mass is 205 g/mol. The van der Waals surface area contributed by atoms with Gasteiger partial charge in [0, 0.05) is 31.5 Å². The second-order valence-corrected chi connectivity index (χ2v) is 4.43. The van der Waals surface area contributed by atoms with Crippen LogP contribution in [0.4, 0.5) is 0 Å². The number of rotatable bonds is 3.